The lowest BCUT2D eigenvalue weighted by Gasteiger charge is -2.18. The number of nitrogens with zero attached hydrogens (tertiary/aromatic N) is 3. The van der Waals surface area contributed by atoms with Crippen molar-refractivity contribution in [2.75, 3.05) is 6.54 Å². The van der Waals surface area contributed by atoms with E-state index in [0.29, 0.717) is 0 Å². The molecule has 4 nitrogen and oxygen atoms in total. The Morgan fingerprint density at radius 1 is 1.29 bits per heavy atom. The van der Waals surface area contributed by atoms with Crippen LogP contribution in [0.2, 0.25) is 0 Å². The van der Waals surface area contributed by atoms with Crippen LogP contribution in [0, 0.1) is 0 Å². The molecule has 0 fully saturated rings. The molecule has 0 saturated carbocycles. The van der Waals surface area contributed by atoms with Crippen LogP contribution in [0.1, 0.15) is 23.5 Å². The SMILES string of the molecule is CCNC(c1sccc1Br)c1cnnn1-c1ccccc1. The molecule has 0 saturated heterocycles. The molecule has 1 aromatic carbocycles. The fourth-order valence-corrected chi connectivity index (χ4v) is 3.94. The number of benzene rings is 1. The van der Waals surface area contributed by atoms with Gasteiger partial charge >= 0.3 is 0 Å². The zero-order valence-electron chi connectivity index (χ0n) is 11.5. The zero-order valence-corrected chi connectivity index (χ0v) is 13.9. The molecular weight excluding hydrogens is 348 g/mol. The summed E-state index contributed by atoms with van der Waals surface area (Å²) >= 11 is 5.35. The van der Waals surface area contributed by atoms with Gasteiger partial charge in [-0.05, 0) is 46.1 Å². The summed E-state index contributed by atoms with van der Waals surface area (Å²) in [6, 6.07) is 12.2. The minimum absolute atomic E-state index is 0.0691. The molecule has 0 spiro atoms. The van der Waals surface area contributed by atoms with Gasteiger partial charge in [0.1, 0.15) is 0 Å². The average molecular weight is 363 g/mol. The lowest BCUT2D eigenvalue weighted by atomic mass is 10.1. The second kappa shape index (κ2) is 6.51. The summed E-state index contributed by atoms with van der Waals surface area (Å²) < 4.78 is 3.00. The van der Waals surface area contributed by atoms with E-state index in [0.717, 1.165) is 22.4 Å². The molecule has 2 heterocycles. The van der Waals surface area contributed by atoms with Crippen LogP contribution in [0.25, 0.3) is 5.69 Å². The number of hydrogen-bond acceptors (Lipinski definition) is 4. The molecule has 2 aromatic heterocycles. The molecule has 3 aromatic rings. The number of nitrogens with one attached hydrogen (secondary N) is 1. The monoisotopic (exact) mass is 362 g/mol. The highest BCUT2D eigenvalue weighted by atomic mass is 79.9. The van der Waals surface area contributed by atoms with E-state index in [4.69, 9.17) is 0 Å². The molecule has 1 N–H and O–H groups in total. The minimum atomic E-state index is 0.0691. The summed E-state index contributed by atoms with van der Waals surface area (Å²) in [6.07, 6.45) is 1.83. The summed E-state index contributed by atoms with van der Waals surface area (Å²) in [5.41, 5.74) is 2.05. The number of thiophene rings is 1. The Labute approximate surface area is 135 Å². The van der Waals surface area contributed by atoms with E-state index in [2.05, 4.69) is 49.9 Å². The molecule has 0 amide bonds. The molecule has 21 heavy (non-hydrogen) atoms. The fraction of sp³-hybridized carbons (Fsp3) is 0.200. The lowest BCUT2D eigenvalue weighted by molar-refractivity contribution is 0.598. The average Bonchev–Trinajstić information content (AvgIpc) is 3.15. The zero-order chi connectivity index (χ0) is 14.7. The molecule has 0 aliphatic heterocycles. The van der Waals surface area contributed by atoms with Gasteiger partial charge in [-0.1, -0.05) is 30.3 Å². The summed E-state index contributed by atoms with van der Waals surface area (Å²) in [6.45, 7) is 2.97. The highest BCUT2D eigenvalue weighted by molar-refractivity contribution is 9.10. The normalized spacial score (nSPS) is 12.5. The molecule has 1 unspecified atom stereocenters. The molecule has 1 atom stereocenters. The number of aromatic nitrogens is 3. The summed E-state index contributed by atoms with van der Waals surface area (Å²) in [5.74, 6) is 0. The lowest BCUT2D eigenvalue weighted by Crippen LogP contribution is -2.24. The number of halogens is 1. The first-order chi connectivity index (χ1) is 10.3. The Balaban J connectivity index is 2.06. The van der Waals surface area contributed by atoms with Gasteiger partial charge in [-0.2, -0.15) is 0 Å². The van der Waals surface area contributed by atoms with Crippen LogP contribution in [-0.2, 0) is 0 Å². The number of para-hydroxylation sites is 1. The summed E-state index contributed by atoms with van der Waals surface area (Å²) in [7, 11) is 0. The van der Waals surface area contributed by atoms with Crippen molar-refractivity contribution in [1.82, 2.24) is 20.3 Å². The molecule has 0 bridgehead atoms. The van der Waals surface area contributed by atoms with Crippen LogP contribution in [0.15, 0.2) is 52.4 Å². The maximum atomic E-state index is 4.25. The van der Waals surface area contributed by atoms with Crippen LogP contribution in [0.5, 0.6) is 0 Å². The van der Waals surface area contributed by atoms with E-state index in [9.17, 15) is 0 Å². The van der Waals surface area contributed by atoms with Gasteiger partial charge < -0.3 is 5.32 Å². The second-order valence-corrected chi connectivity index (χ2v) is 6.33. The van der Waals surface area contributed by atoms with E-state index in [1.165, 1.54) is 4.88 Å². The summed E-state index contributed by atoms with van der Waals surface area (Å²) in [4.78, 5) is 1.23. The van der Waals surface area contributed by atoms with Gasteiger partial charge in [0.05, 0.1) is 23.6 Å². The van der Waals surface area contributed by atoms with E-state index in [1.807, 2.05) is 41.2 Å². The molecule has 0 radical (unpaired) electrons. The quantitative estimate of drug-likeness (QED) is 0.750. The van der Waals surface area contributed by atoms with E-state index < -0.39 is 0 Å². The Morgan fingerprint density at radius 2 is 2.10 bits per heavy atom. The molecule has 0 aliphatic carbocycles. The van der Waals surface area contributed by atoms with Crippen molar-refractivity contribution in [3.8, 4) is 5.69 Å². The van der Waals surface area contributed by atoms with Crippen LogP contribution >= 0.6 is 27.3 Å². The highest BCUT2D eigenvalue weighted by Gasteiger charge is 2.22. The van der Waals surface area contributed by atoms with Crippen LogP contribution in [0.3, 0.4) is 0 Å². The molecule has 0 aliphatic rings. The Kier molecular flexibility index (Phi) is 4.48. The third-order valence-electron chi connectivity index (χ3n) is 3.19. The summed E-state index contributed by atoms with van der Waals surface area (Å²) in [5, 5.41) is 14.0. The van der Waals surface area contributed by atoms with Gasteiger partial charge in [-0.15, -0.1) is 16.4 Å². The first-order valence-corrected chi connectivity index (χ1v) is 8.40. The van der Waals surface area contributed by atoms with Gasteiger partial charge in [-0.3, -0.25) is 0 Å². The van der Waals surface area contributed by atoms with Gasteiger partial charge in [0.15, 0.2) is 0 Å². The van der Waals surface area contributed by atoms with Crippen molar-refractivity contribution in [1.29, 1.82) is 0 Å². The maximum Gasteiger partial charge on any atom is 0.0874 e. The van der Waals surface area contributed by atoms with E-state index in [1.54, 1.807) is 11.3 Å². The third kappa shape index (κ3) is 2.92. The molecule has 108 valence electrons. The van der Waals surface area contributed by atoms with Gasteiger partial charge in [-0.25, -0.2) is 4.68 Å². The number of rotatable bonds is 5. The van der Waals surface area contributed by atoms with Crippen LogP contribution in [0.4, 0.5) is 0 Å². The first-order valence-electron chi connectivity index (χ1n) is 6.73. The largest absolute Gasteiger partial charge is 0.304 e. The van der Waals surface area contributed by atoms with Crippen molar-refractivity contribution < 1.29 is 0 Å². The van der Waals surface area contributed by atoms with Gasteiger partial charge in [0, 0.05) is 9.35 Å². The molecular formula is C15H15BrN4S. The minimum Gasteiger partial charge on any atom is -0.304 e. The van der Waals surface area contributed by atoms with Crippen molar-refractivity contribution >= 4 is 27.3 Å². The van der Waals surface area contributed by atoms with Crippen molar-refractivity contribution in [2.24, 2.45) is 0 Å². The van der Waals surface area contributed by atoms with E-state index in [-0.39, 0.29) is 6.04 Å². The van der Waals surface area contributed by atoms with Gasteiger partial charge in [0.25, 0.3) is 0 Å². The third-order valence-corrected chi connectivity index (χ3v) is 5.12. The molecule has 3 rings (SSSR count). The Morgan fingerprint density at radius 3 is 2.76 bits per heavy atom. The van der Waals surface area contributed by atoms with Crippen molar-refractivity contribution in [3.05, 3.63) is 63.0 Å². The number of hydrogen-bond donors (Lipinski definition) is 1. The molecule has 6 heteroatoms. The fourth-order valence-electron chi connectivity index (χ4n) is 2.26. The van der Waals surface area contributed by atoms with Crippen LogP contribution in [-0.4, -0.2) is 21.5 Å². The standard InChI is InChI=1S/C15H15BrN4S/c1-2-17-14(15-12(16)8-9-21-15)13-10-18-19-20(13)11-6-4-3-5-7-11/h3-10,14,17H,2H2,1H3. The smallest absolute Gasteiger partial charge is 0.0874 e. The van der Waals surface area contributed by atoms with Gasteiger partial charge in [0.2, 0.25) is 0 Å². The van der Waals surface area contributed by atoms with Crippen LogP contribution < -0.4 is 5.32 Å². The topological polar surface area (TPSA) is 42.7 Å². The van der Waals surface area contributed by atoms with Crippen molar-refractivity contribution in [2.45, 2.75) is 13.0 Å². The first kappa shape index (κ1) is 14.4. The van der Waals surface area contributed by atoms with Crippen molar-refractivity contribution in [3.63, 3.8) is 0 Å². The van der Waals surface area contributed by atoms with E-state index >= 15 is 0 Å². The Hall–Kier alpha value is -1.50. The highest BCUT2D eigenvalue weighted by Crippen LogP contribution is 2.33. The maximum absolute atomic E-state index is 4.25. The Bertz CT molecular complexity index is 707. The second-order valence-electron chi connectivity index (χ2n) is 4.53. The predicted octanol–water partition coefficient (Wildman–Crippen LogP) is 3.79. The predicted molar refractivity (Wildman–Crippen MR) is 88.9 cm³/mol.